The zero-order valence-corrected chi connectivity index (χ0v) is 17.1. The molecule has 0 N–H and O–H groups in total. The molecule has 0 amide bonds. The topological polar surface area (TPSA) is 36.3 Å². The average molecular weight is 369 g/mol. The number of fused-ring (bicyclic) bond motifs is 1. The van der Waals surface area contributed by atoms with E-state index in [1.54, 1.807) is 0 Å². The van der Waals surface area contributed by atoms with Gasteiger partial charge in [-0.15, -0.1) is 0 Å². The van der Waals surface area contributed by atoms with Crippen LogP contribution in [0.25, 0.3) is 12.2 Å². The predicted octanol–water partition coefficient (Wildman–Crippen LogP) is 3.90. The second-order valence-corrected chi connectivity index (χ2v) is 7.65. The summed E-state index contributed by atoms with van der Waals surface area (Å²) in [6.07, 6.45) is 8.27. The van der Waals surface area contributed by atoms with Crippen LogP contribution in [0.3, 0.4) is 0 Å². The van der Waals surface area contributed by atoms with E-state index in [1.807, 2.05) is 31.2 Å². The number of rotatable bonds is 9. The average Bonchev–Trinajstić information content (AvgIpc) is 2.97. The van der Waals surface area contributed by atoms with E-state index in [-0.39, 0.29) is 0 Å². The largest absolute Gasteiger partial charge is 0.494 e. The van der Waals surface area contributed by atoms with Crippen molar-refractivity contribution in [1.82, 2.24) is 9.55 Å². The van der Waals surface area contributed by atoms with Crippen molar-refractivity contribution in [3.8, 4) is 11.5 Å². The predicted molar refractivity (Wildman–Crippen MR) is 110 cm³/mol. The lowest BCUT2D eigenvalue weighted by atomic mass is 9.96. The highest BCUT2D eigenvalue weighted by molar-refractivity contribution is 5.37. The molecule has 3 rings (SSSR count). The van der Waals surface area contributed by atoms with Crippen molar-refractivity contribution in [2.24, 2.45) is 11.8 Å². The maximum absolute atomic E-state index is 6.06. The van der Waals surface area contributed by atoms with Crippen LogP contribution in [0.1, 0.15) is 52.8 Å². The number of hydrogen-bond acceptors (Lipinski definition) is 3. The number of benzene rings is 1. The molecule has 1 unspecified atom stereocenters. The third-order valence-electron chi connectivity index (χ3n) is 4.81. The number of aromatic nitrogens is 2. The quantitative estimate of drug-likeness (QED) is 0.673. The molecule has 1 aromatic carbocycles. The minimum absolute atomic E-state index is 0.468. The van der Waals surface area contributed by atoms with Crippen molar-refractivity contribution in [2.75, 3.05) is 6.61 Å². The normalized spacial score (nSPS) is 15.8. The molecule has 0 saturated heterocycles. The van der Waals surface area contributed by atoms with Gasteiger partial charge >= 0.3 is 0 Å². The Balaban J connectivity index is 1.85. The third kappa shape index (κ3) is 4.94. The molecule has 0 spiro atoms. The van der Waals surface area contributed by atoms with Crippen LogP contribution < -0.4 is 20.2 Å². The Labute approximate surface area is 162 Å². The SMILES string of the molecule is CCCC1C=c2c(nc(COc3cccc(OCC)c3)n2CC(C)C)=CC1. The highest BCUT2D eigenvalue weighted by Gasteiger charge is 2.15. The van der Waals surface area contributed by atoms with Crippen molar-refractivity contribution in [3.05, 3.63) is 40.8 Å². The molecule has 0 fully saturated rings. The molecule has 146 valence electrons. The van der Waals surface area contributed by atoms with Gasteiger partial charge in [-0.25, -0.2) is 4.98 Å². The first-order valence-corrected chi connectivity index (χ1v) is 10.2. The van der Waals surface area contributed by atoms with Gasteiger partial charge in [-0.3, -0.25) is 0 Å². The molecule has 0 radical (unpaired) electrons. The first-order chi connectivity index (χ1) is 13.1. The minimum Gasteiger partial charge on any atom is -0.494 e. The van der Waals surface area contributed by atoms with Gasteiger partial charge in [-0.05, 0) is 43.7 Å². The zero-order chi connectivity index (χ0) is 19.2. The molecule has 4 heteroatoms. The molecule has 1 atom stereocenters. The Morgan fingerprint density at radius 3 is 2.67 bits per heavy atom. The minimum atomic E-state index is 0.468. The molecule has 4 nitrogen and oxygen atoms in total. The van der Waals surface area contributed by atoms with Crippen molar-refractivity contribution < 1.29 is 9.47 Å². The van der Waals surface area contributed by atoms with Crippen LogP contribution in [-0.2, 0) is 13.2 Å². The van der Waals surface area contributed by atoms with Crippen molar-refractivity contribution >= 4 is 12.2 Å². The number of ether oxygens (including phenoxy) is 2. The lowest BCUT2D eigenvalue weighted by molar-refractivity contribution is 0.282. The van der Waals surface area contributed by atoms with E-state index in [1.165, 1.54) is 18.2 Å². The summed E-state index contributed by atoms with van der Waals surface area (Å²) in [5.74, 6) is 3.84. The first-order valence-electron chi connectivity index (χ1n) is 10.2. The maximum atomic E-state index is 6.06. The first kappa shape index (κ1) is 19.5. The van der Waals surface area contributed by atoms with Gasteiger partial charge < -0.3 is 14.0 Å². The van der Waals surface area contributed by atoms with E-state index in [2.05, 4.69) is 37.5 Å². The van der Waals surface area contributed by atoms with Crippen LogP contribution in [0.2, 0.25) is 0 Å². The number of imidazole rings is 1. The van der Waals surface area contributed by atoms with Gasteiger partial charge in [-0.1, -0.05) is 45.4 Å². The Morgan fingerprint density at radius 2 is 1.96 bits per heavy atom. The molecular formula is C23H32N2O2. The Bertz CT molecular complexity index is 867. The van der Waals surface area contributed by atoms with Crippen LogP contribution in [0.4, 0.5) is 0 Å². The van der Waals surface area contributed by atoms with Crippen LogP contribution in [-0.4, -0.2) is 16.2 Å². The zero-order valence-electron chi connectivity index (χ0n) is 17.1. The summed E-state index contributed by atoms with van der Waals surface area (Å²) < 4.78 is 14.0. The van der Waals surface area contributed by atoms with Crippen LogP contribution in [0.5, 0.6) is 11.5 Å². The number of hydrogen-bond donors (Lipinski definition) is 0. The molecule has 2 aromatic rings. The summed E-state index contributed by atoms with van der Waals surface area (Å²) in [7, 11) is 0. The smallest absolute Gasteiger partial charge is 0.147 e. The fourth-order valence-corrected chi connectivity index (χ4v) is 3.63. The molecular weight excluding hydrogens is 336 g/mol. The van der Waals surface area contributed by atoms with E-state index in [4.69, 9.17) is 14.5 Å². The summed E-state index contributed by atoms with van der Waals surface area (Å²) >= 11 is 0. The van der Waals surface area contributed by atoms with E-state index >= 15 is 0 Å². The van der Waals surface area contributed by atoms with Crippen molar-refractivity contribution in [1.29, 1.82) is 0 Å². The highest BCUT2D eigenvalue weighted by Crippen LogP contribution is 2.20. The summed E-state index contributed by atoms with van der Waals surface area (Å²) in [4.78, 5) is 4.89. The molecule has 0 saturated carbocycles. The van der Waals surface area contributed by atoms with Crippen molar-refractivity contribution in [2.45, 2.75) is 60.1 Å². The second kappa shape index (κ2) is 9.12. The highest BCUT2D eigenvalue weighted by atomic mass is 16.5. The molecule has 1 aliphatic rings. The second-order valence-electron chi connectivity index (χ2n) is 7.65. The summed E-state index contributed by atoms with van der Waals surface area (Å²) in [6.45, 7) is 10.8. The summed E-state index contributed by atoms with van der Waals surface area (Å²) in [5, 5.41) is 2.39. The fourth-order valence-electron chi connectivity index (χ4n) is 3.63. The Morgan fingerprint density at radius 1 is 1.19 bits per heavy atom. The van der Waals surface area contributed by atoms with Crippen LogP contribution >= 0.6 is 0 Å². The van der Waals surface area contributed by atoms with E-state index < -0.39 is 0 Å². The molecule has 1 heterocycles. The monoisotopic (exact) mass is 368 g/mol. The molecule has 0 bridgehead atoms. The van der Waals surface area contributed by atoms with E-state index in [9.17, 15) is 0 Å². The summed E-state index contributed by atoms with van der Waals surface area (Å²) in [5.41, 5.74) is 0. The van der Waals surface area contributed by atoms with E-state index in [0.29, 0.717) is 25.0 Å². The van der Waals surface area contributed by atoms with Gasteiger partial charge in [0, 0.05) is 12.6 Å². The third-order valence-corrected chi connectivity index (χ3v) is 4.81. The lowest BCUT2D eigenvalue weighted by Crippen LogP contribution is -2.35. The van der Waals surface area contributed by atoms with Gasteiger partial charge in [0.25, 0.3) is 0 Å². The molecule has 1 aromatic heterocycles. The summed E-state index contributed by atoms with van der Waals surface area (Å²) in [6, 6.07) is 7.82. The Hall–Kier alpha value is -2.23. The molecule has 1 aliphatic carbocycles. The van der Waals surface area contributed by atoms with Gasteiger partial charge in [0.15, 0.2) is 0 Å². The standard InChI is InChI=1S/C23H32N2O2/c1-5-8-18-11-12-21-22(13-18)25(15-17(3)4)23(24-21)16-27-20-10-7-9-19(14-20)26-6-2/h7,9-10,12-14,17-18H,5-6,8,11,15-16H2,1-4H3. The fraction of sp³-hybridized carbons (Fsp3) is 0.522. The van der Waals surface area contributed by atoms with E-state index in [0.717, 1.165) is 35.6 Å². The maximum Gasteiger partial charge on any atom is 0.147 e. The van der Waals surface area contributed by atoms with Gasteiger partial charge in [-0.2, -0.15) is 0 Å². The van der Waals surface area contributed by atoms with Gasteiger partial charge in [0.05, 0.1) is 17.3 Å². The molecule has 27 heavy (non-hydrogen) atoms. The molecule has 0 aliphatic heterocycles. The van der Waals surface area contributed by atoms with Gasteiger partial charge in [0.2, 0.25) is 0 Å². The van der Waals surface area contributed by atoms with Crippen LogP contribution in [0.15, 0.2) is 24.3 Å². The van der Waals surface area contributed by atoms with Crippen LogP contribution in [0, 0.1) is 11.8 Å². The Kier molecular flexibility index (Phi) is 6.59. The lowest BCUT2D eigenvalue weighted by Gasteiger charge is -2.15. The number of nitrogens with zero attached hydrogens (tertiary/aromatic N) is 2. The van der Waals surface area contributed by atoms with Crippen molar-refractivity contribution in [3.63, 3.8) is 0 Å². The van der Waals surface area contributed by atoms with Gasteiger partial charge in [0.1, 0.15) is 23.9 Å².